The third-order valence-electron chi connectivity index (χ3n) is 5.51. The number of anilines is 2. The van der Waals surface area contributed by atoms with E-state index in [4.69, 9.17) is 5.73 Å². The van der Waals surface area contributed by atoms with Gasteiger partial charge in [0.2, 0.25) is 0 Å². The second-order valence-corrected chi connectivity index (χ2v) is 10.2. The Bertz CT molecular complexity index is 1010. The largest absolute Gasteiger partial charge is 0.402 e. The van der Waals surface area contributed by atoms with Crippen molar-refractivity contribution in [1.29, 1.82) is 0 Å². The number of nitrogens with one attached hydrogen (secondary N) is 2. The van der Waals surface area contributed by atoms with Gasteiger partial charge < -0.3 is 26.1 Å². The van der Waals surface area contributed by atoms with Gasteiger partial charge in [-0.05, 0) is 56.4 Å². The molecule has 0 saturated carbocycles. The van der Waals surface area contributed by atoms with Crippen LogP contribution in [0.25, 0.3) is 0 Å². The number of aldehydes is 1. The van der Waals surface area contributed by atoms with E-state index in [9.17, 15) is 9.18 Å². The van der Waals surface area contributed by atoms with Crippen LogP contribution in [-0.4, -0.2) is 31.5 Å². The van der Waals surface area contributed by atoms with Gasteiger partial charge in [-0.25, -0.2) is 4.39 Å². The van der Waals surface area contributed by atoms with Crippen molar-refractivity contribution < 1.29 is 9.18 Å². The number of hydrogen-bond donors (Lipinski definition) is 3. The number of rotatable bonds is 8. The van der Waals surface area contributed by atoms with Crippen molar-refractivity contribution in [2.24, 2.45) is 5.73 Å². The molecule has 1 fully saturated rings. The number of nitrogens with two attached hydrogens (primary N) is 1. The average molecular weight is 487 g/mol. The van der Waals surface area contributed by atoms with E-state index in [0.29, 0.717) is 38.6 Å². The van der Waals surface area contributed by atoms with Crippen LogP contribution in [0.2, 0.25) is 0 Å². The molecular weight excluding hydrogens is 454 g/mol. The van der Waals surface area contributed by atoms with Gasteiger partial charge in [-0.1, -0.05) is 30.5 Å². The van der Waals surface area contributed by atoms with Crippen LogP contribution in [0.1, 0.15) is 32.3 Å². The van der Waals surface area contributed by atoms with Crippen molar-refractivity contribution in [3.05, 3.63) is 76.1 Å². The van der Waals surface area contributed by atoms with Crippen molar-refractivity contribution in [2.75, 3.05) is 23.3 Å². The normalized spacial score (nSPS) is 20.1. The first-order valence-corrected chi connectivity index (χ1v) is 12.3. The molecule has 0 bridgehead atoms. The minimum Gasteiger partial charge on any atom is -0.402 e. The summed E-state index contributed by atoms with van der Waals surface area (Å²) in [5, 5.41) is 8.03. The van der Waals surface area contributed by atoms with Gasteiger partial charge in [-0.15, -0.1) is 9.24 Å². The maximum Gasteiger partial charge on any atom is 0.132 e. The highest BCUT2D eigenvalue weighted by Gasteiger charge is 2.25. The molecule has 3 rings (SSSR count). The molecule has 0 aromatic heterocycles. The maximum atomic E-state index is 14.5. The van der Waals surface area contributed by atoms with Crippen LogP contribution >= 0.6 is 21.0 Å². The van der Waals surface area contributed by atoms with E-state index in [2.05, 4.69) is 57.3 Å². The fourth-order valence-corrected chi connectivity index (χ4v) is 5.47. The molecule has 5 nitrogen and oxygen atoms in total. The Morgan fingerprint density at radius 1 is 1.27 bits per heavy atom. The van der Waals surface area contributed by atoms with E-state index in [1.54, 1.807) is 19.1 Å². The van der Waals surface area contributed by atoms with Crippen LogP contribution < -0.4 is 26.6 Å². The van der Waals surface area contributed by atoms with Gasteiger partial charge in [0, 0.05) is 52.7 Å². The predicted octanol–water partition coefficient (Wildman–Crippen LogP) is 4.30. The molecule has 4 unspecified atom stereocenters. The van der Waals surface area contributed by atoms with Crippen molar-refractivity contribution in [3.8, 4) is 0 Å². The SMILES string of the molecule is C=C(Nc1ccc(N2CC(C)NC(C)C2)cc1)S/C(=C(\C)N)C(C=O)c1c(F)cccc1P. The Labute approximate surface area is 202 Å². The van der Waals surface area contributed by atoms with E-state index in [1.165, 1.54) is 23.5 Å². The number of nitrogens with zero attached hydrogens (tertiary/aromatic N) is 1. The third-order valence-corrected chi connectivity index (χ3v) is 7.16. The smallest absolute Gasteiger partial charge is 0.132 e. The summed E-state index contributed by atoms with van der Waals surface area (Å²) in [7, 11) is 2.49. The zero-order chi connectivity index (χ0) is 24.1. The molecule has 0 radical (unpaired) electrons. The van der Waals surface area contributed by atoms with Gasteiger partial charge in [0.15, 0.2) is 0 Å². The standard InChI is InChI=1S/C25H32FN4OPS/c1-15-12-30(13-16(2)28-15)20-10-8-19(9-11-20)29-18(4)33-25(17(3)27)21(14-31)24-22(26)6-5-7-23(24)32/h5-11,14-16,21,28-29H,4,12-13,27,32H2,1-3H3/b25-17+. The number of hydrogen-bond acceptors (Lipinski definition) is 6. The van der Waals surface area contributed by atoms with E-state index >= 15 is 0 Å². The number of benzene rings is 2. The van der Waals surface area contributed by atoms with Crippen LogP contribution in [0, 0.1) is 5.82 Å². The second-order valence-electron chi connectivity index (χ2n) is 8.47. The molecule has 2 aromatic carbocycles. The summed E-state index contributed by atoms with van der Waals surface area (Å²) in [6.07, 6.45) is 0.724. The van der Waals surface area contributed by atoms with Crippen LogP contribution in [0.4, 0.5) is 15.8 Å². The lowest BCUT2D eigenvalue weighted by Crippen LogP contribution is -2.54. The highest BCUT2D eigenvalue weighted by atomic mass is 32.2. The number of allylic oxidation sites excluding steroid dienone is 2. The van der Waals surface area contributed by atoms with Crippen LogP contribution in [-0.2, 0) is 4.79 Å². The maximum absolute atomic E-state index is 14.5. The monoisotopic (exact) mass is 486 g/mol. The van der Waals surface area contributed by atoms with Gasteiger partial charge in [0.25, 0.3) is 0 Å². The molecule has 0 aliphatic carbocycles. The van der Waals surface area contributed by atoms with Gasteiger partial charge in [-0.3, -0.25) is 0 Å². The first-order valence-electron chi connectivity index (χ1n) is 10.9. The Balaban J connectivity index is 1.72. The van der Waals surface area contributed by atoms with Crippen LogP contribution in [0.3, 0.4) is 0 Å². The molecule has 0 spiro atoms. The zero-order valence-corrected chi connectivity index (χ0v) is 21.2. The third kappa shape index (κ3) is 6.38. The second kappa shape index (κ2) is 11.2. The van der Waals surface area contributed by atoms with Crippen molar-refractivity contribution >= 4 is 44.0 Å². The first kappa shape index (κ1) is 25.3. The number of carbonyl (C=O) groups excluding carboxylic acids is 1. The minimum atomic E-state index is -0.814. The van der Waals surface area contributed by atoms with E-state index in [-0.39, 0.29) is 0 Å². The van der Waals surface area contributed by atoms with E-state index in [1.807, 2.05) is 12.1 Å². The van der Waals surface area contributed by atoms with Crippen molar-refractivity contribution in [3.63, 3.8) is 0 Å². The minimum absolute atomic E-state index is 0.307. The van der Waals surface area contributed by atoms with E-state index in [0.717, 1.165) is 25.1 Å². The molecular formula is C25H32FN4OPS. The summed E-state index contributed by atoms with van der Waals surface area (Å²) in [6.45, 7) is 12.1. The van der Waals surface area contributed by atoms with Gasteiger partial charge in [0.05, 0.1) is 10.9 Å². The molecule has 1 aliphatic rings. The van der Waals surface area contributed by atoms with Crippen LogP contribution in [0.5, 0.6) is 0 Å². The summed E-state index contributed by atoms with van der Waals surface area (Å²) in [5.74, 6) is -1.25. The molecule has 1 saturated heterocycles. The summed E-state index contributed by atoms with van der Waals surface area (Å²) in [5.41, 5.74) is 8.91. The predicted molar refractivity (Wildman–Crippen MR) is 143 cm³/mol. The molecule has 4 N–H and O–H groups in total. The first-order chi connectivity index (χ1) is 15.7. The number of halogens is 1. The Kier molecular flexibility index (Phi) is 8.57. The molecule has 1 aliphatic heterocycles. The topological polar surface area (TPSA) is 70.4 Å². The molecule has 33 heavy (non-hydrogen) atoms. The van der Waals surface area contributed by atoms with Gasteiger partial charge >= 0.3 is 0 Å². The summed E-state index contributed by atoms with van der Waals surface area (Å²) >= 11 is 1.25. The van der Waals surface area contributed by atoms with Crippen molar-refractivity contribution in [2.45, 2.75) is 38.8 Å². The number of thioether (sulfide) groups is 1. The van der Waals surface area contributed by atoms with Gasteiger partial charge in [-0.2, -0.15) is 0 Å². The Hall–Kier alpha value is -2.34. The Morgan fingerprint density at radius 2 is 1.91 bits per heavy atom. The average Bonchev–Trinajstić information content (AvgIpc) is 2.75. The quantitative estimate of drug-likeness (QED) is 0.382. The molecule has 0 amide bonds. The van der Waals surface area contributed by atoms with Crippen LogP contribution in [0.15, 0.2) is 64.7 Å². The highest BCUT2D eigenvalue weighted by molar-refractivity contribution is 8.06. The molecule has 1 heterocycles. The highest BCUT2D eigenvalue weighted by Crippen LogP contribution is 2.38. The summed E-state index contributed by atoms with van der Waals surface area (Å²) in [6, 6.07) is 13.8. The number of piperazine rings is 1. The number of carbonyl (C=O) groups is 1. The summed E-state index contributed by atoms with van der Waals surface area (Å²) in [4.78, 5) is 14.9. The molecule has 8 heteroatoms. The zero-order valence-electron chi connectivity index (χ0n) is 19.3. The molecule has 4 atom stereocenters. The van der Waals surface area contributed by atoms with Gasteiger partial charge in [0.1, 0.15) is 12.1 Å². The summed E-state index contributed by atoms with van der Waals surface area (Å²) < 4.78 is 14.5. The lowest BCUT2D eigenvalue weighted by Gasteiger charge is -2.37. The molecule has 2 aromatic rings. The fourth-order valence-electron chi connectivity index (χ4n) is 4.14. The van der Waals surface area contributed by atoms with Crippen molar-refractivity contribution in [1.82, 2.24) is 5.32 Å². The van der Waals surface area contributed by atoms with E-state index < -0.39 is 11.7 Å². The Morgan fingerprint density at radius 3 is 2.45 bits per heavy atom. The fraction of sp³-hybridized carbons (Fsp3) is 0.320. The molecule has 176 valence electrons. The lowest BCUT2D eigenvalue weighted by molar-refractivity contribution is -0.108. The lowest BCUT2D eigenvalue weighted by atomic mass is 9.98.